The van der Waals surface area contributed by atoms with Gasteiger partial charge in [0.2, 0.25) is 0 Å². The lowest BCUT2D eigenvalue weighted by molar-refractivity contribution is 1.58. The first-order valence-corrected chi connectivity index (χ1v) is 16.2. The molecule has 9 rings (SSSR count). The molecular formula is C44H27Br. The quantitative estimate of drug-likeness (QED) is 0.181. The highest BCUT2D eigenvalue weighted by atomic mass is 79.9. The van der Waals surface area contributed by atoms with Crippen LogP contribution in [0.4, 0.5) is 0 Å². The molecule has 45 heavy (non-hydrogen) atoms. The number of halogens is 1. The summed E-state index contributed by atoms with van der Waals surface area (Å²) in [6, 6.07) is 59.8. The van der Waals surface area contributed by atoms with Crippen LogP contribution in [0.1, 0.15) is 0 Å². The van der Waals surface area contributed by atoms with Crippen molar-refractivity contribution >= 4 is 37.5 Å². The van der Waals surface area contributed by atoms with Crippen LogP contribution in [0, 0.1) is 0 Å². The summed E-state index contributed by atoms with van der Waals surface area (Å²) in [5.41, 5.74) is 15.2. The summed E-state index contributed by atoms with van der Waals surface area (Å²) in [6.45, 7) is 0. The van der Waals surface area contributed by atoms with E-state index in [1.165, 1.54) is 88.3 Å². The van der Waals surface area contributed by atoms with Crippen molar-refractivity contribution in [2.75, 3.05) is 0 Å². The van der Waals surface area contributed by atoms with Crippen LogP contribution in [0.25, 0.3) is 88.3 Å². The second-order valence-corrected chi connectivity index (χ2v) is 12.6. The van der Waals surface area contributed by atoms with E-state index in [9.17, 15) is 0 Å². The second kappa shape index (κ2) is 10.4. The normalized spacial score (nSPS) is 11.7. The molecule has 1 aliphatic rings. The molecule has 8 aromatic rings. The summed E-state index contributed by atoms with van der Waals surface area (Å²) in [4.78, 5) is 0. The molecule has 0 fully saturated rings. The molecule has 0 radical (unpaired) electrons. The minimum atomic E-state index is 1.07. The van der Waals surface area contributed by atoms with Crippen molar-refractivity contribution in [2.45, 2.75) is 0 Å². The van der Waals surface area contributed by atoms with E-state index >= 15 is 0 Å². The lowest BCUT2D eigenvalue weighted by atomic mass is 9.79. The van der Waals surface area contributed by atoms with Crippen LogP contribution in [-0.2, 0) is 0 Å². The first-order chi connectivity index (χ1) is 22.3. The molecule has 210 valence electrons. The van der Waals surface area contributed by atoms with Crippen molar-refractivity contribution < 1.29 is 0 Å². The van der Waals surface area contributed by atoms with Gasteiger partial charge in [-0.25, -0.2) is 0 Å². The SMILES string of the molecule is Brc1ccc2c(-c3ccccc3-c3ccccc3)c3c(c(-c4ccccc4-c4ccccc4)c2c1)-c1cccc2cccc-3c12. The molecule has 0 bridgehead atoms. The molecule has 1 aliphatic carbocycles. The van der Waals surface area contributed by atoms with Crippen molar-refractivity contribution in [3.63, 3.8) is 0 Å². The van der Waals surface area contributed by atoms with Gasteiger partial charge < -0.3 is 0 Å². The Morgan fingerprint density at radius 3 is 1.29 bits per heavy atom. The van der Waals surface area contributed by atoms with Crippen molar-refractivity contribution in [3.05, 3.63) is 168 Å². The van der Waals surface area contributed by atoms with Crippen LogP contribution in [0.3, 0.4) is 0 Å². The molecule has 0 aliphatic heterocycles. The Morgan fingerprint density at radius 1 is 0.311 bits per heavy atom. The highest BCUT2D eigenvalue weighted by molar-refractivity contribution is 9.10. The molecule has 0 heterocycles. The molecule has 0 atom stereocenters. The molecular weight excluding hydrogens is 608 g/mol. The minimum absolute atomic E-state index is 1.07. The van der Waals surface area contributed by atoms with Crippen LogP contribution >= 0.6 is 15.9 Å². The standard InChI is InChI=1S/C44H27Br/c45-31-25-26-36-39(27-31)42(35-22-10-8-20-33(35)29-15-5-2-6-16-29)44-38-24-12-18-30-17-11-23-37(40(30)38)43(44)41(36)34-21-9-7-19-32(34)28-13-3-1-4-14-28/h1-27H. The fourth-order valence-electron chi connectivity index (χ4n) is 7.46. The zero-order valence-corrected chi connectivity index (χ0v) is 26.1. The summed E-state index contributed by atoms with van der Waals surface area (Å²) in [5.74, 6) is 0. The summed E-state index contributed by atoms with van der Waals surface area (Å²) in [5, 5.41) is 5.11. The fourth-order valence-corrected chi connectivity index (χ4v) is 7.82. The summed E-state index contributed by atoms with van der Waals surface area (Å²) >= 11 is 3.87. The van der Waals surface area contributed by atoms with E-state index in [4.69, 9.17) is 0 Å². The highest BCUT2D eigenvalue weighted by Crippen LogP contribution is 2.59. The Kier molecular flexibility index (Phi) is 6.07. The lowest BCUT2D eigenvalue weighted by Gasteiger charge is -2.23. The fraction of sp³-hybridized carbons (Fsp3) is 0. The molecule has 0 saturated heterocycles. The van der Waals surface area contributed by atoms with Crippen molar-refractivity contribution in [3.8, 4) is 66.8 Å². The second-order valence-electron chi connectivity index (χ2n) is 11.7. The van der Waals surface area contributed by atoms with Crippen LogP contribution in [0.2, 0.25) is 0 Å². The Morgan fingerprint density at radius 2 is 0.756 bits per heavy atom. The maximum atomic E-state index is 3.87. The van der Waals surface area contributed by atoms with Crippen molar-refractivity contribution in [1.82, 2.24) is 0 Å². The number of rotatable bonds is 4. The molecule has 0 nitrogen and oxygen atoms in total. The van der Waals surface area contributed by atoms with Crippen molar-refractivity contribution in [1.29, 1.82) is 0 Å². The molecule has 0 unspecified atom stereocenters. The summed E-state index contributed by atoms with van der Waals surface area (Å²) in [7, 11) is 0. The third kappa shape index (κ3) is 4.05. The predicted octanol–water partition coefficient (Wildman–Crippen LogP) is 13.1. The van der Waals surface area contributed by atoms with Gasteiger partial charge in [0.05, 0.1) is 0 Å². The third-order valence-electron chi connectivity index (χ3n) is 9.28. The number of fused-ring (bicyclic) bond motifs is 4. The Hall–Kier alpha value is -5.24. The van der Waals surface area contributed by atoms with E-state index in [1.807, 2.05) is 0 Å². The van der Waals surface area contributed by atoms with Gasteiger partial charge >= 0.3 is 0 Å². The molecule has 1 heteroatoms. The van der Waals surface area contributed by atoms with Gasteiger partial charge in [-0.3, -0.25) is 0 Å². The highest BCUT2D eigenvalue weighted by Gasteiger charge is 2.31. The van der Waals surface area contributed by atoms with Crippen molar-refractivity contribution in [2.24, 2.45) is 0 Å². The van der Waals surface area contributed by atoms with Gasteiger partial charge in [0.15, 0.2) is 0 Å². The van der Waals surface area contributed by atoms with Crippen LogP contribution in [-0.4, -0.2) is 0 Å². The molecule has 8 aromatic carbocycles. The molecule has 0 amide bonds. The molecule has 0 N–H and O–H groups in total. The van der Waals surface area contributed by atoms with Gasteiger partial charge in [0.25, 0.3) is 0 Å². The zero-order chi connectivity index (χ0) is 29.9. The predicted molar refractivity (Wildman–Crippen MR) is 195 cm³/mol. The summed E-state index contributed by atoms with van der Waals surface area (Å²) < 4.78 is 1.07. The van der Waals surface area contributed by atoms with E-state index in [0.717, 1.165) is 4.47 Å². The first kappa shape index (κ1) is 26.2. The van der Waals surface area contributed by atoms with E-state index in [-0.39, 0.29) is 0 Å². The first-order valence-electron chi connectivity index (χ1n) is 15.4. The topological polar surface area (TPSA) is 0 Å². The lowest BCUT2D eigenvalue weighted by Crippen LogP contribution is -1.96. The Balaban J connectivity index is 1.51. The third-order valence-corrected chi connectivity index (χ3v) is 9.77. The van der Waals surface area contributed by atoms with Gasteiger partial charge in [-0.2, -0.15) is 0 Å². The van der Waals surface area contributed by atoms with E-state index in [1.54, 1.807) is 0 Å². The average Bonchev–Trinajstić information content (AvgIpc) is 3.43. The van der Waals surface area contributed by atoms with E-state index < -0.39 is 0 Å². The largest absolute Gasteiger partial charge is 0.0622 e. The zero-order valence-electron chi connectivity index (χ0n) is 24.5. The molecule has 0 spiro atoms. The van der Waals surface area contributed by atoms with Gasteiger partial charge in [-0.15, -0.1) is 0 Å². The number of hydrogen-bond acceptors (Lipinski definition) is 0. The van der Waals surface area contributed by atoms with E-state index in [0.29, 0.717) is 0 Å². The number of hydrogen-bond donors (Lipinski definition) is 0. The molecule has 0 aromatic heterocycles. The van der Waals surface area contributed by atoms with Gasteiger partial charge in [0.1, 0.15) is 0 Å². The molecule has 0 saturated carbocycles. The number of benzene rings is 8. The summed E-state index contributed by atoms with van der Waals surface area (Å²) in [6.07, 6.45) is 0. The van der Waals surface area contributed by atoms with Crippen LogP contribution in [0.5, 0.6) is 0 Å². The van der Waals surface area contributed by atoms with Crippen LogP contribution < -0.4 is 0 Å². The van der Waals surface area contributed by atoms with Gasteiger partial charge in [-0.1, -0.05) is 168 Å². The average molecular weight is 636 g/mol. The Labute approximate surface area is 271 Å². The van der Waals surface area contributed by atoms with E-state index in [2.05, 4.69) is 180 Å². The maximum absolute atomic E-state index is 3.87. The monoisotopic (exact) mass is 634 g/mol. The minimum Gasteiger partial charge on any atom is -0.0622 e. The Bertz CT molecular complexity index is 2410. The maximum Gasteiger partial charge on any atom is 0.0181 e. The van der Waals surface area contributed by atoms with Gasteiger partial charge in [0, 0.05) is 4.47 Å². The van der Waals surface area contributed by atoms with Crippen LogP contribution in [0.15, 0.2) is 168 Å². The smallest absolute Gasteiger partial charge is 0.0181 e. The van der Waals surface area contributed by atoms with Gasteiger partial charge in [-0.05, 0) is 100 Å².